The summed E-state index contributed by atoms with van der Waals surface area (Å²) in [7, 11) is 1.83. The standard InChI is InChI=1S/C33H41N7O3S/c1-20-21(2)44-31-28(20)29(35-26(17-27-34-14-16-42-27)30-37-36-22(3)40(30)31)24-10-12-25(13-11-24)39-15-8-9-23(19-39)18-38(7)32(41)43-33(4,5)6/h10-14,16,23,26H,8-9,15,17-19H2,1-7H3. The number of carbonyl (C=O) groups excluding carboxylic acids is 1. The van der Waals surface area contributed by atoms with Gasteiger partial charge in [-0.2, -0.15) is 0 Å². The lowest BCUT2D eigenvalue weighted by Crippen LogP contribution is -2.43. The first kappa shape index (κ1) is 30.1. The molecule has 44 heavy (non-hydrogen) atoms. The Morgan fingerprint density at radius 3 is 2.64 bits per heavy atom. The normalized spacial score (nSPS) is 18.3. The second-order valence-corrected chi connectivity index (χ2v) is 14.1. The third-order valence-electron chi connectivity index (χ3n) is 8.35. The summed E-state index contributed by atoms with van der Waals surface area (Å²) >= 11 is 1.75. The highest BCUT2D eigenvalue weighted by atomic mass is 32.1. The van der Waals surface area contributed by atoms with Crippen LogP contribution in [0, 0.1) is 26.7 Å². The van der Waals surface area contributed by atoms with Crippen molar-refractivity contribution in [3.8, 4) is 5.00 Å². The Labute approximate surface area is 262 Å². The highest BCUT2D eigenvalue weighted by Gasteiger charge is 2.32. The number of hydrogen-bond acceptors (Lipinski definition) is 9. The van der Waals surface area contributed by atoms with E-state index >= 15 is 0 Å². The summed E-state index contributed by atoms with van der Waals surface area (Å²) in [5.74, 6) is 2.63. The van der Waals surface area contributed by atoms with Crippen molar-refractivity contribution in [1.29, 1.82) is 0 Å². The molecular formula is C33H41N7O3S. The Hall–Kier alpha value is -3.99. The summed E-state index contributed by atoms with van der Waals surface area (Å²) < 4.78 is 13.3. The molecule has 0 aliphatic carbocycles. The fourth-order valence-electron chi connectivity index (χ4n) is 6.12. The number of benzene rings is 1. The van der Waals surface area contributed by atoms with Crippen LogP contribution in [0.4, 0.5) is 10.5 Å². The van der Waals surface area contributed by atoms with Crippen LogP contribution < -0.4 is 4.90 Å². The Morgan fingerprint density at radius 2 is 1.93 bits per heavy atom. The average Bonchev–Trinajstić information content (AvgIpc) is 3.68. The number of oxazole rings is 1. The number of thiophene rings is 1. The number of nitrogens with zero attached hydrogens (tertiary/aromatic N) is 7. The fourth-order valence-corrected chi connectivity index (χ4v) is 7.34. The molecule has 0 bridgehead atoms. The van der Waals surface area contributed by atoms with Crippen molar-refractivity contribution in [2.75, 3.05) is 31.6 Å². The van der Waals surface area contributed by atoms with E-state index in [2.05, 4.69) is 62.8 Å². The van der Waals surface area contributed by atoms with Crippen LogP contribution >= 0.6 is 11.3 Å². The van der Waals surface area contributed by atoms with Gasteiger partial charge in [-0.1, -0.05) is 12.1 Å². The number of aryl methyl sites for hydroxylation is 2. The number of aromatic nitrogens is 4. The lowest BCUT2D eigenvalue weighted by molar-refractivity contribution is 0.0269. The largest absolute Gasteiger partial charge is 0.449 e. The Kier molecular flexibility index (Phi) is 8.08. The summed E-state index contributed by atoms with van der Waals surface area (Å²) in [4.78, 5) is 27.7. The molecule has 2 atom stereocenters. The predicted octanol–water partition coefficient (Wildman–Crippen LogP) is 6.46. The van der Waals surface area contributed by atoms with Crippen LogP contribution in [-0.2, 0) is 11.2 Å². The van der Waals surface area contributed by atoms with E-state index in [0.29, 0.717) is 24.8 Å². The van der Waals surface area contributed by atoms with E-state index in [1.165, 1.54) is 16.1 Å². The smallest absolute Gasteiger partial charge is 0.410 e. The molecule has 1 fully saturated rings. The topological polar surface area (TPSA) is 102 Å². The molecule has 0 spiro atoms. The number of fused-ring (bicyclic) bond motifs is 3. The molecule has 5 heterocycles. The molecular weight excluding hydrogens is 574 g/mol. The van der Waals surface area contributed by atoms with E-state index in [1.54, 1.807) is 28.7 Å². The molecule has 1 aromatic carbocycles. The molecule has 4 aromatic rings. The molecule has 11 heteroatoms. The van der Waals surface area contributed by atoms with Crippen molar-refractivity contribution in [3.05, 3.63) is 75.8 Å². The van der Waals surface area contributed by atoms with Crippen LogP contribution in [0.25, 0.3) is 5.00 Å². The minimum absolute atomic E-state index is 0.268. The number of hydrogen-bond donors (Lipinski definition) is 0. The molecule has 0 N–H and O–H groups in total. The molecule has 10 nitrogen and oxygen atoms in total. The van der Waals surface area contributed by atoms with Gasteiger partial charge in [0.2, 0.25) is 0 Å². The van der Waals surface area contributed by atoms with Crippen molar-refractivity contribution in [2.45, 2.75) is 72.4 Å². The van der Waals surface area contributed by atoms with Gasteiger partial charge in [-0.3, -0.25) is 9.56 Å². The van der Waals surface area contributed by atoms with E-state index < -0.39 is 5.60 Å². The van der Waals surface area contributed by atoms with Gasteiger partial charge in [0.1, 0.15) is 28.7 Å². The first-order valence-electron chi connectivity index (χ1n) is 15.3. The van der Waals surface area contributed by atoms with E-state index in [0.717, 1.165) is 59.4 Å². The second-order valence-electron chi connectivity index (χ2n) is 12.9. The van der Waals surface area contributed by atoms with Gasteiger partial charge >= 0.3 is 6.09 Å². The number of amides is 1. The van der Waals surface area contributed by atoms with Crippen LogP contribution in [-0.4, -0.2) is 68.7 Å². The minimum Gasteiger partial charge on any atom is -0.449 e. The summed E-state index contributed by atoms with van der Waals surface area (Å²) in [5.41, 5.74) is 5.03. The Morgan fingerprint density at radius 1 is 1.16 bits per heavy atom. The third-order valence-corrected chi connectivity index (χ3v) is 9.55. The van der Waals surface area contributed by atoms with Gasteiger partial charge in [0.05, 0.1) is 18.3 Å². The van der Waals surface area contributed by atoms with Crippen LogP contribution in [0.5, 0.6) is 0 Å². The number of anilines is 1. The number of aliphatic imine (C=N–C) groups is 1. The molecule has 2 aliphatic rings. The summed E-state index contributed by atoms with van der Waals surface area (Å²) in [6.07, 6.45) is 5.65. The van der Waals surface area contributed by atoms with Gasteiger partial charge in [0.25, 0.3) is 0 Å². The van der Waals surface area contributed by atoms with E-state index in [4.69, 9.17) is 14.1 Å². The first-order valence-corrected chi connectivity index (χ1v) is 16.1. The first-order chi connectivity index (χ1) is 21.0. The zero-order chi connectivity index (χ0) is 31.2. The second kappa shape index (κ2) is 11.8. The molecule has 0 saturated carbocycles. The molecule has 0 radical (unpaired) electrons. The lowest BCUT2D eigenvalue weighted by Gasteiger charge is -2.36. The maximum atomic E-state index is 12.6. The summed E-state index contributed by atoms with van der Waals surface area (Å²) in [6.45, 7) is 14.6. The average molecular weight is 616 g/mol. The van der Waals surface area contributed by atoms with Gasteiger partial charge in [0.15, 0.2) is 11.7 Å². The number of carbonyl (C=O) groups is 1. The third kappa shape index (κ3) is 6.02. The highest BCUT2D eigenvalue weighted by Crippen LogP contribution is 2.39. The Bertz CT molecular complexity index is 1660. The van der Waals surface area contributed by atoms with Crippen molar-refractivity contribution >= 4 is 28.8 Å². The monoisotopic (exact) mass is 615 g/mol. The zero-order valence-electron chi connectivity index (χ0n) is 26.6. The molecule has 232 valence electrons. The van der Waals surface area contributed by atoms with Crippen LogP contribution in [0.2, 0.25) is 0 Å². The van der Waals surface area contributed by atoms with E-state index in [1.807, 2.05) is 34.7 Å². The molecule has 1 amide bonds. The minimum atomic E-state index is -0.500. The van der Waals surface area contributed by atoms with Crippen molar-refractivity contribution in [2.24, 2.45) is 10.9 Å². The summed E-state index contributed by atoms with van der Waals surface area (Å²) in [5, 5.41) is 10.1. The maximum absolute atomic E-state index is 12.6. The van der Waals surface area contributed by atoms with Crippen LogP contribution in [0.15, 0.2) is 46.1 Å². The van der Waals surface area contributed by atoms with Gasteiger partial charge in [0, 0.05) is 48.4 Å². The van der Waals surface area contributed by atoms with Gasteiger partial charge in [-0.25, -0.2) is 9.78 Å². The number of piperidine rings is 1. The quantitative estimate of drug-likeness (QED) is 0.245. The van der Waals surface area contributed by atoms with Crippen molar-refractivity contribution in [1.82, 2.24) is 24.6 Å². The fraction of sp³-hybridized carbons (Fsp3) is 0.485. The molecule has 2 aliphatic heterocycles. The summed E-state index contributed by atoms with van der Waals surface area (Å²) in [6, 6.07) is 8.47. The number of ether oxygens (including phenoxy) is 1. The predicted molar refractivity (Wildman–Crippen MR) is 172 cm³/mol. The van der Waals surface area contributed by atoms with Gasteiger partial charge < -0.3 is 19.0 Å². The van der Waals surface area contributed by atoms with E-state index in [-0.39, 0.29) is 12.1 Å². The molecule has 6 rings (SSSR count). The maximum Gasteiger partial charge on any atom is 0.410 e. The van der Waals surface area contributed by atoms with Crippen LogP contribution in [0.3, 0.4) is 0 Å². The molecule has 2 unspecified atom stereocenters. The van der Waals surface area contributed by atoms with Gasteiger partial charge in [-0.05, 0) is 78.0 Å². The highest BCUT2D eigenvalue weighted by molar-refractivity contribution is 7.15. The van der Waals surface area contributed by atoms with Gasteiger partial charge in [-0.15, -0.1) is 21.5 Å². The lowest BCUT2D eigenvalue weighted by atomic mass is 9.96. The molecule has 3 aromatic heterocycles. The zero-order valence-corrected chi connectivity index (χ0v) is 27.4. The van der Waals surface area contributed by atoms with Crippen LogP contribution in [0.1, 0.15) is 78.8 Å². The van der Waals surface area contributed by atoms with Crippen molar-refractivity contribution in [3.63, 3.8) is 0 Å². The van der Waals surface area contributed by atoms with E-state index in [9.17, 15) is 4.79 Å². The number of rotatable bonds is 6. The van der Waals surface area contributed by atoms with Crippen molar-refractivity contribution < 1.29 is 13.9 Å². The SMILES string of the molecule is Cc1sc2c(c1C)C(c1ccc(N3CCCC(CN(C)C(=O)OC(C)(C)C)C3)cc1)=NC(Cc1ncco1)c1nnc(C)n1-2. The molecule has 1 saturated heterocycles. The Balaban J connectivity index is 1.28.